The molecule has 0 fully saturated rings. The monoisotopic (exact) mass is 352 g/mol. The Hall–Kier alpha value is -3.09. The van der Waals surface area contributed by atoms with Crippen molar-refractivity contribution in [2.75, 3.05) is 5.32 Å². The third-order valence-electron chi connectivity index (χ3n) is 4.48. The average molecular weight is 352 g/mol. The molecule has 26 heavy (non-hydrogen) atoms. The fraction of sp³-hybridized carbons (Fsp3) is 0.316. The molecule has 0 aliphatic heterocycles. The molecule has 2 amide bonds. The maximum absolute atomic E-state index is 12.5. The van der Waals surface area contributed by atoms with Crippen LogP contribution >= 0.6 is 0 Å². The summed E-state index contributed by atoms with van der Waals surface area (Å²) < 4.78 is 3.63. The quantitative estimate of drug-likeness (QED) is 0.755. The number of amides is 2. The molecule has 0 bridgehead atoms. The molecule has 2 heterocycles. The highest BCUT2D eigenvalue weighted by molar-refractivity contribution is 5.91. The molecule has 0 radical (unpaired) electrons. The number of urea groups is 1. The molecule has 7 heteroatoms. The molecule has 7 nitrogen and oxygen atoms in total. The molecule has 0 saturated carbocycles. The first kappa shape index (κ1) is 17.7. The molecule has 1 atom stereocenters. The number of carbonyl (C=O) groups excluding carboxylic acids is 1. The Labute approximate surface area is 153 Å². The topological polar surface area (TPSA) is 76.8 Å². The van der Waals surface area contributed by atoms with E-state index in [-0.39, 0.29) is 12.1 Å². The minimum atomic E-state index is -0.269. The van der Waals surface area contributed by atoms with Gasteiger partial charge in [0.1, 0.15) is 0 Å². The van der Waals surface area contributed by atoms with Crippen molar-refractivity contribution in [1.82, 2.24) is 24.9 Å². The van der Waals surface area contributed by atoms with Crippen LogP contribution in [0.15, 0.2) is 36.5 Å². The number of rotatable bonds is 4. The largest absolute Gasteiger partial charge is 0.331 e. The van der Waals surface area contributed by atoms with Crippen LogP contribution in [-0.2, 0) is 7.05 Å². The fourth-order valence-electron chi connectivity index (χ4n) is 3.01. The van der Waals surface area contributed by atoms with E-state index in [0.717, 1.165) is 28.3 Å². The van der Waals surface area contributed by atoms with Gasteiger partial charge in [0.25, 0.3) is 0 Å². The number of anilines is 1. The summed E-state index contributed by atoms with van der Waals surface area (Å²) in [5.74, 6) is 0. The smallest absolute Gasteiger partial charge is 0.319 e. The summed E-state index contributed by atoms with van der Waals surface area (Å²) in [5.41, 5.74) is 5.50. The van der Waals surface area contributed by atoms with E-state index >= 15 is 0 Å². The van der Waals surface area contributed by atoms with Crippen molar-refractivity contribution in [1.29, 1.82) is 0 Å². The Bertz CT molecular complexity index is 939. The van der Waals surface area contributed by atoms with Gasteiger partial charge in [0.15, 0.2) is 0 Å². The Kier molecular flexibility index (Phi) is 4.79. The van der Waals surface area contributed by atoms with Gasteiger partial charge in [0.05, 0.1) is 29.3 Å². The van der Waals surface area contributed by atoms with Crippen molar-refractivity contribution in [3.8, 4) is 5.69 Å². The van der Waals surface area contributed by atoms with Crippen LogP contribution in [0.1, 0.15) is 35.6 Å². The predicted molar refractivity (Wildman–Crippen MR) is 102 cm³/mol. The van der Waals surface area contributed by atoms with Crippen LogP contribution in [0.4, 0.5) is 10.5 Å². The van der Waals surface area contributed by atoms with Crippen LogP contribution in [0.5, 0.6) is 0 Å². The molecule has 136 valence electrons. The third-order valence-corrected chi connectivity index (χ3v) is 4.48. The first-order valence-electron chi connectivity index (χ1n) is 8.55. The lowest BCUT2D eigenvalue weighted by Crippen LogP contribution is -2.31. The Morgan fingerprint density at radius 2 is 1.92 bits per heavy atom. The van der Waals surface area contributed by atoms with Gasteiger partial charge < -0.3 is 10.6 Å². The van der Waals surface area contributed by atoms with Gasteiger partial charge in [-0.2, -0.15) is 10.2 Å². The molecule has 3 aromatic rings. The summed E-state index contributed by atoms with van der Waals surface area (Å²) in [6, 6.07) is 9.20. The standard InChI is InChI=1S/C19H24N6O/c1-12-10-13(2)25(23-12)18-9-7-6-8-17(18)22-19(26)21-14(3)16-11-20-24(5)15(16)4/h6-11,14H,1-5H3,(H2,21,22,26)/t14-/m1/s1. The first-order valence-corrected chi connectivity index (χ1v) is 8.55. The van der Waals surface area contributed by atoms with E-state index in [4.69, 9.17) is 0 Å². The van der Waals surface area contributed by atoms with Gasteiger partial charge in [0.2, 0.25) is 0 Å². The molecular formula is C19H24N6O. The van der Waals surface area contributed by atoms with Crippen molar-refractivity contribution >= 4 is 11.7 Å². The minimum Gasteiger partial charge on any atom is -0.331 e. The summed E-state index contributed by atoms with van der Waals surface area (Å²) in [4.78, 5) is 12.5. The van der Waals surface area contributed by atoms with E-state index in [9.17, 15) is 4.79 Å². The van der Waals surface area contributed by atoms with Crippen molar-refractivity contribution in [2.45, 2.75) is 33.7 Å². The van der Waals surface area contributed by atoms with E-state index in [2.05, 4.69) is 20.8 Å². The zero-order valence-electron chi connectivity index (χ0n) is 15.7. The van der Waals surface area contributed by atoms with E-state index in [1.54, 1.807) is 10.9 Å². The maximum atomic E-state index is 12.5. The molecule has 0 saturated heterocycles. The fourth-order valence-corrected chi connectivity index (χ4v) is 3.01. The number of nitrogens with zero attached hydrogens (tertiary/aromatic N) is 4. The number of hydrogen-bond donors (Lipinski definition) is 2. The van der Waals surface area contributed by atoms with Crippen LogP contribution in [0.3, 0.4) is 0 Å². The first-order chi connectivity index (χ1) is 12.4. The highest BCUT2D eigenvalue weighted by Crippen LogP contribution is 2.22. The van der Waals surface area contributed by atoms with Crippen LogP contribution < -0.4 is 10.6 Å². The highest BCUT2D eigenvalue weighted by atomic mass is 16.2. The lowest BCUT2D eigenvalue weighted by atomic mass is 10.1. The lowest BCUT2D eigenvalue weighted by molar-refractivity contribution is 0.249. The van der Waals surface area contributed by atoms with E-state index in [1.165, 1.54) is 0 Å². The zero-order chi connectivity index (χ0) is 18.8. The lowest BCUT2D eigenvalue weighted by Gasteiger charge is -2.16. The van der Waals surface area contributed by atoms with Crippen molar-refractivity contribution in [2.24, 2.45) is 7.05 Å². The molecule has 0 aliphatic carbocycles. The number of benzene rings is 1. The van der Waals surface area contributed by atoms with Gasteiger partial charge in [-0.3, -0.25) is 4.68 Å². The summed E-state index contributed by atoms with van der Waals surface area (Å²) in [7, 11) is 1.89. The SMILES string of the molecule is Cc1cc(C)n(-c2ccccc2NC(=O)N[C@H](C)c2cnn(C)c2C)n1. The van der Waals surface area contributed by atoms with Gasteiger partial charge >= 0.3 is 6.03 Å². The summed E-state index contributed by atoms with van der Waals surface area (Å²) >= 11 is 0. The second-order valence-electron chi connectivity index (χ2n) is 6.49. The number of aryl methyl sites for hydroxylation is 3. The molecule has 0 aliphatic rings. The third kappa shape index (κ3) is 3.46. The molecular weight excluding hydrogens is 328 g/mol. The van der Waals surface area contributed by atoms with Gasteiger partial charge in [-0.05, 0) is 45.9 Å². The predicted octanol–water partition coefficient (Wildman–Crippen LogP) is 3.41. The Morgan fingerprint density at radius 1 is 1.19 bits per heavy atom. The second-order valence-corrected chi connectivity index (χ2v) is 6.49. The molecule has 2 N–H and O–H groups in total. The minimum absolute atomic E-state index is 0.149. The average Bonchev–Trinajstić information content (AvgIpc) is 3.09. The van der Waals surface area contributed by atoms with Crippen LogP contribution in [0.2, 0.25) is 0 Å². The summed E-state index contributed by atoms with van der Waals surface area (Å²) in [6.07, 6.45) is 1.78. The van der Waals surface area contributed by atoms with Crippen molar-refractivity contribution in [3.63, 3.8) is 0 Å². The number of carbonyl (C=O) groups is 1. The van der Waals surface area contributed by atoms with Crippen LogP contribution in [0, 0.1) is 20.8 Å². The van der Waals surface area contributed by atoms with Crippen molar-refractivity contribution < 1.29 is 4.79 Å². The summed E-state index contributed by atoms with van der Waals surface area (Å²) in [6.45, 7) is 7.86. The number of hydrogen-bond acceptors (Lipinski definition) is 3. The van der Waals surface area contributed by atoms with E-state index in [1.807, 2.05) is 69.8 Å². The molecule has 0 unspecified atom stereocenters. The summed E-state index contributed by atoms with van der Waals surface area (Å²) in [5, 5.41) is 14.6. The highest BCUT2D eigenvalue weighted by Gasteiger charge is 2.16. The normalized spacial score (nSPS) is 12.0. The van der Waals surface area contributed by atoms with E-state index < -0.39 is 0 Å². The van der Waals surface area contributed by atoms with Gasteiger partial charge in [-0.1, -0.05) is 12.1 Å². The number of aromatic nitrogens is 4. The molecule has 3 rings (SSSR count). The zero-order valence-corrected chi connectivity index (χ0v) is 15.7. The van der Waals surface area contributed by atoms with Crippen molar-refractivity contribution in [3.05, 3.63) is 59.2 Å². The molecule has 1 aromatic carbocycles. The Balaban J connectivity index is 1.78. The van der Waals surface area contributed by atoms with Gasteiger partial charge in [-0.15, -0.1) is 0 Å². The maximum Gasteiger partial charge on any atom is 0.319 e. The Morgan fingerprint density at radius 3 is 2.54 bits per heavy atom. The number of para-hydroxylation sites is 2. The van der Waals surface area contributed by atoms with Crippen LogP contribution in [-0.4, -0.2) is 25.6 Å². The van der Waals surface area contributed by atoms with E-state index in [0.29, 0.717) is 5.69 Å². The van der Waals surface area contributed by atoms with Gasteiger partial charge in [0, 0.05) is 24.0 Å². The molecule has 0 spiro atoms. The molecule has 2 aromatic heterocycles. The van der Waals surface area contributed by atoms with Crippen LogP contribution in [0.25, 0.3) is 5.69 Å². The number of nitrogens with one attached hydrogen (secondary N) is 2. The second kappa shape index (κ2) is 7.03. The van der Waals surface area contributed by atoms with Gasteiger partial charge in [-0.25, -0.2) is 9.48 Å².